The molecule has 0 fully saturated rings. The van der Waals surface area contributed by atoms with Crippen LogP contribution < -0.4 is 10.6 Å². The average Bonchev–Trinajstić information content (AvgIpc) is 2.64. The van der Waals surface area contributed by atoms with Crippen molar-refractivity contribution in [2.45, 2.75) is 6.42 Å². The van der Waals surface area contributed by atoms with E-state index in [4.69, 9.17) is 4.52 Å². The Balaban J connectivity index is 2.05. The zero-order chi connectivity index (χ0) is 9.52. The molecule has 0 aliphatic rings. The molecule has 0 aromatic carbocycles. The van der Waals surface area contributed by atoms with Crippen molar-refractivity contribution in [2.24, 2.45) is 0 Å². The molecule has 0 aliphatic carbocycles. The van der Waals surface area contributed by atoms with E-state index in [2.05, 4.69) is 20.8 Å². The summed E-state index contributed by atoms with van der Waals surface area (Å²) in [5.41, 5.74) is 0. The Morgan fingerprint density at radius 2 is 2.54 bits per heavy atom. The van der Waals surface area contributed by atoms with Gasteiger partial charge in [-0.05, 0) is 0 Å². The molecule has 0 saturated carbocycles. The molecule has 1 aromatic rings. The van der Waals surface area contributed by atoms with Gasteiger partial charge in [0.05, 0.1) is 6.54 Å². The van der Waals surface area contributed by atoms with Crippen molar-refractivity contribution in [3.05, 3.63) is 12.2 Å². The van der Waals surface area contributed by atoms with Crippen LogP contribution in [-0.2, 0) is 11.2 Å². The van der Waals surface area contributed by atoms with Crippen molar-refractivity contribution in [1.82, 2.24) is 20.8 Å². The Morgan fingerprint density at radius 3 is 3.15 bits per heavy atom. The van der Waals surface area contributed by atoms with E-state index in [9.17, 15) is 4.79 Å². The summed E-state index contributed by atoms with van der Waals surface area (Å²) in [5, 5.41) is 8.90. The van der Waals surface area contributed by atoms with E-state index >= 15 is 0 Å². The van der Waals surface area contributed by atoms with Crippen LogP contribution in [0.25, 0.3) is 0 Å². The lowest BCUT2D eigenvalue weighted by molar-refractivity contribution is -0.119. The highest BCUT2D eigenvalue weighted by Crippen LogP contribution is 1.89. The van der Waals surface area contributed by atoms with E-state index in [1.165, 1.54) is 6.33 Å². The predicted molar refractivity (Wildman–Crippen MR) is 44.9 cm³/mol. The van der Waals surface area contributed by atoms with E-state index in [1.807, 2.05) is 0 Å². The first-order chi connectivity index (χ1) is 6.33. The van der Waals surface area contributed by atoms with Crippen LogP contribution in [-0.4, -0.2) is 36.2 Å². The first-order valence-electron chi connectivity index (χ1n) is 4.00. The fourth-order valence-electron chi connectivity index (χ4n) is 0.792. The molecule has 0 saturated heterocycles. The van der Waals surface area contributed by atoms with Gasteiger partial charge in [-0.15, -0.1) is 0 Å². The Bertz CT molecular complexity index is 247. The Hall–Kier alpha value is -1.43. The zero-order valence-corrected chi connectivity index (χ0v) is 7.41. The van der Waals surface area contributed by atoms with Gasteiger partial charge in [0.25, 0.3) is 0 Å². The lowest BCUT2D eigenvalue weighted by Gasteiger charge is -2.00. The number of nitrogens with one attached hydrogen (secondary N) is 2. The summed E-state index contributed by atoms with van der Waals surface area (Å²) in [6.45, 7) is 0.959. The molecule has 0 radical (unpaired) electrons. The number of carbonyl (C=O) groups excluding carboxylic acids is 1. The third-order valence-electron chi connectivity index (χ3n) is 1.49. The Morgan fingerprint density at radius 1 is 1.69 bits per heavy atom. The molecule has 2 N–H and O–H groups in total. The number of amides is 1. The molecule has 0 spiro atoms. The Kier molecular flexibility index (Phi) is 3.90. The summed E-state index contributed by atoms with van der Waals surface area (Å²) in [4.78, 5) is 14.6. The third kappa shape index (κ3) is 3.66. The molecule has 13 heavy (non-hydrogen) atoms. The fourth-order valence-corrected chi connectivity index (χ4v) is 0.792. The van der Waals surface area contributed by atoms with Gasteiger partial charge in [-0.3, -0.25) is 4.79 Å². The molecule has 0 aliphatic heterocycles. The molecule has 0 bridgehead atoms. The van der Waals surface area contributed by atoms with Gasteiger partial charge < -0.3 is 15.2 Å². The molecule has 6 heteroatoms. The molecule has 6 nitrogen and oxygen atoms in total. The van der Waals surface area contributed by atoms with E-state index in [0.29, 0.717) is 25.4 Å². The smallest absolute Gasteiger partial charge is 0.233 e. The molecule has 72 valence electrons. The van der Waals surface area contributed by atoms with Crippen molar-refractivity contribution >= 4 is 5.91 Å². The summed E-state index contributed by atoms with van der Waals surface area (Å²) >= 11 is 0. The molecule has 0 unspecified atom stereocenters. The van der Waals surface area contributed by atoms with Crippen molar-refractivity contribution < 1.29 is 9.32 Å². The SMILES string of the molecule is CNC(=O)CNCCc1ncno1. The van der Waals surface area contributed by atoms with Gasteiger partial charge >= 0.3 is 0 Å². The molecule has 0 atom stereocenters. The van der Waals surface area contributed by atoms with Crippen molar-refractivity contribution in [3.63, 3.8) is 0 Å². The number of carbonyl (C=O) groups is 1. The third-order valence-corrected chi connectivity index (χ3v) is 1.49. The maximum Gasteiger partial charge on any atom is 0.233 e. The fraction of sp³-hybridized carbons (Fsp3) is 0.571. The highest BCUT2D eigenvalue weighted by Gasteiger charge is 1.99. The van der Waals surface area contributed by atoms with Crippen LogP contribution in [0.2, 0.25) is 0 Å². The van der Waals surface area contributed by atoms with Gasteiger partial charge in [-0.2, -0.15) is 4.98 Å². The molecular formula is C7H12N4O2. The number of hydrogen-bond acceptors (Lipinski definition) is 5. The van der Waals surface area contributed by atoms with Crippen LogP contribution >= 0.6 is 0 Å². The molecule has 1 rings (SSSR count). The van der Waals surface area contributed by atoms with Gasteiger partial charge in [-0.25, -0.2) is 0 Å². The van der Waals surface area contributed by atoms with E-state index in [0.717, 1.165) is 0 Å². The van der Waals surface area contributed by atoms with Gasteiger partial charge in [-0.1, -0.05) is 5.16 Å². The highest BCUT2D eigenvalue weighted by atomic mass is 16.5. The zero-order valence-electron chi connectivity index (χ0n) is 7.41. The normalized spacial score (nSPS) is 9.92. The van der Waals surface area contributed by atoms with Crippen LogP contribution in [0.1, 0.15) is 5.89 Å². The van der Waals surface area contributed by atoms with Gasteiger partial charge in [0.1, 0.15) is 0 Å². The second-order valence-corrected chi connectivity index (χ2v) is 2.43. The second-order valence-electron chi connectivity index (χ2n) is 2.43. The second kappa shape index (κ2) is 5.26. The van der Waals surface area contributed by atoms with Crippen LogP contribution in [0.15, 0.2) is 10.9 Å². The number of likely N-dealkylation sites (N-methyl/N-ethyl adjacent to an activating group) is 1. The highest BCUT2D eigenvalue weighted by molar-refractivity contribution is 5.77. The number of aromatic nitrogens is 2. The van der Waals surface area contributed by atoms with Crippen LogP contribution in [0, 0.1) is 0 Å². The average molecular weight is 184 g/mol. The van der Waals surface area contributed by atoms with E-state index in [-0.39, 0.29) is 5.91 Å². The van der Waals surface area contributed by atoms with Gasteiger partial charge in [0.2, 0.25) is 11.8 Å². The quantitative estimate of drug-likeness (QED) is 0.571. The summed E-state index contributed by atoms with van der Waals surface area (Å²) in [6, 6.07) is 0. The summed E-state index contributed by atoms with van der Waals surface area (Å²) < 4.78 is 4.77. The maximum absolute atomic E-state index is 10.7. The number of nitrogens with zero attached hydrogens (tertiary/aromatic N) is 2. The molecule has 1 aromatic heterocycles. The van der Waals surface area contributed by atoms with Crippen molar-refractivity contribution in [2.75, 3.05) is 20.1 Å². The largest absolute Gasteiger partial charge is 0.358 e. The van der Waals surface area contributed by atoms with Crippen LogP contribution in [0.4, 0.5) is 0 Å². The predicted octanol–water partition coefficient (Wildman–Crippen LogP) is -1.05. The number of hydrogen-bond donors (Lipinski definition) is 2. The standard InChI is InChI=1S/C7H12N4O2/c1-8-6(12)4-9-3-2-7-10-5-11-13-7/h5,9H,2-4H2,1H3,(H,8,12). The van der Waals surface area contributed by atoms with Crippen molar-refractivity contribution in [1.29, 1.82) is 0 Å². The summed E-state index contributed by atoms with van der Waals surface area (Å²) in [6.07, 6.45) is 1.99. The van der Waals surface area contributed by atoms with Crippen molar-refractivity contribution in [3.8, 4) is 0 Å². The molecular weight excluding hydrogens is 172 g/mol. The van der Waals surface area contributed by atoms with Gasteiger partial charge in [0.15, 0.2) is 6.33 Å². The molecule has 1 heterocycles. The lowest BCUT2D eigenvalue weighted by atomic mass is 10.4. The summed E-state index contributed by atoms with van der Waals surface area (Å²) in [7, 11) is 1.60. The van der Waals surface area contributed by atoms with Crippen LogP contribution in [0.3, 0.4) is 0 Å². The monoisotopic (exact) mass is 184 g/mol. The Labute approximate surface area is 75.7 Å². The molecule has 1 amide bonds. The van der Waals surface area contributed by atoms with E-state index < -0.39 is 0 Å². The lowest BCUT2D eigenvalue weighted by Crippen LogP contribution is -2.32. The topological polar surface area (TPSA) is 80.0 Å². The minimum Gasteiger partial charge on any atom is -0.358 e. The van der Waals surface area contributed by atoms with Gasteiger partial charge in [0, 0.05) is 20.0 Å². The van der Waals surface area contributed by atoms with E-state index in [1.54, 1.807) is 7.05 Å². The minimum absolute atomic E-state index is 0.0365. The maximum atomic E-state index is 10.7. The summed E-state index contributed by atoms with van der Waals surface area (Å²) in [5.74, 6) is 0.537. The minimum atomic E-state index is -0.0365. The first-order valence-corrected chi connectivity index (χ1v) is 4.00. The number of rotatable bonds is 5. The first kappa shape index (κ1) is 9.66. The van der Waals surface area contributed by atoms with Crippen LogP contribution in [0.5, 0.6) is 0 Å².